The molecule has 2 aromatic heterocycles. The van der Waals surface area contributed by atoms with Gasteiger partial charge in [-0.2, -0.15) is 0 Å². The molecule has 2 aromatic rings. The number of hydrogen-bond donors (Lipinski definition) is 1. The zero-order valence-corrected chi connectivity index (χ0v) is 15.7. The highest BCUT2D eigenvalue weighted by molar-refractivity contribution is 7.20. The number of thiazole rings is 1. The molecule has 0 aliphatic carbocycles. The summed E-state index contributed by atoms with van der Waals surface area (Å²) in [5, 5.41) is 7.68. The van der Waals surface area contributed by atoms with Gasteiger partial charge in [0.25, 0.3) is 5.91 Å². The van der Waals surface area contributed by atoms with Crippen LogP contribution in [0.15, 0.2) is 22.9 Å². The zero-order valence-electron chi connectivity index (χ0n) is 14.0. The third-order valence-corrected chi connectivity index (χ3v) is 5.69. The molecule has 5 nitrogen and oxygen atoms in total. The first kappa shape index (κ1) is 17.5. The first-order valence-electron chi connectivity index (χ1n) is 8.23. The minimum absolute atomic E-state index is 0.0526. The van der Waals surface area contributed by atoms with Gasteiger partial charge in [-0.25, -0.2) is 4.98 Å². The van der Waals surface area contributed by atoms with Gasteiger partial charge in [-0.1, -0.05) is 19.9 Å². The van der Waals surface area contributed by atoms with Crippen molar-refractivity contribution >= 4 is 28.6 Å². The molecule has 1 aliphatic rings. The number of aromatic nitrogens is 1. The fraction of sp³-hybridized carbons (Fsp3) is 0.529. The van der Waals surface area contributed by atoms with Crippen LogP contribution >= 0.6 is 22.7 Å². The molecule has 1 saturated heterocycles. The van der Waals surface area contributed by atoms with Crippen LogP contribution in [0.3, 0.4) is 0 Å². The van der Waals surface area contributed by atoms with Gasteiger partial charge in [0, 0.05) is 31.6 Å². The summed E-state index contributed by atoms with van der Waals surface area (Å²) in [6.45, 7) is 8.62. The van der Waals surface area contributed by atoms with Crippen LogP contribution in [0.4, 0.5) is 0 Å². The van der Waals surface area contributed by atoms with Crippen molar-refractivity contribution in [2.45, 2.75) is 20.0 Å². The Morgan fingerprint density at radius 2 is 2.38 bits per heavy atom. The van der Waals surface area contributed by atoms with E-state index in [2.05, 4.69) is 29.0 Å². The molecule has 7 heteroatoms. The van der Waals surface area contributed by atoms with Crippen LogP contribution in [0.1, 0.15) is 24.3 Å². The van der Waals surface area contributed by atoms with Crippen LogP contribution in [0.5, 0.6) is 0 Å². The molecule has 0 saturated carbocycles. The van der Waals surface area contributed by atoms with Gasteiger partial charge in [0.05, 0.1) is 17.6 Å². The molecule has 1 aliphatic heterocycles. The van der Waals surface area contributed by atoms with Crippen molar-refractivity contribution in [3.8, 4) is 9.88 Å². The highest BCUT2D eigenvalue weighted by atomic mass is 32.1. The summed E-state index contributed by atoms with van der Waals surface area (Å²) in [4.78, 5) is 20.2. The summed E-state index contributed by atoms with van der Waals surface area (Å²) in [6.07, 6.45) is 0.0526. The number of morpholine rings is 1. The SMILES string of the molecule is CC(C)CN1CCOC(CNC(=O)c2csc(-c3cccs3)n2)C1. The highest BCUT2D eigenvalue weighted by Gasteiger charge is 2.22. The molecule has 1 unspecified atom stereocenters. The van der Waals surface area contributed by atoms with Crippen molar-refractivity contribution in [3.05, 3.63) is 28.6 Å². The Morgan fingerprint density at radius 3 is 3.12 bits per heavy atom. The monoisotopic (exact) mass is 365 g/mol. The summed E-state index contributed by atoms with van der Waals surface area (Å²) in [5.74, 6) is 0.516. The third kappa shape index (κ3) is 4.63. The molecule has 130 valence electrons. The highest BCUT2D eigenvalue weighted by Crippen LogP contribution is 2.27. The van der Waals surface area contributed by atoms with Crippen LogP contribution in [-0.2, 0) is 4.74 Å². The van der Waals surface area contributed by atoms with Gasteiger partial charge in [-0.15, -0.1) is 22.7 Å². The van der Waals surface area contributed by atoms with Crippen molar-refractivity contribution in [1.82, 2.24) is 15.2 Å². The molecule has 0 aromatic carbocycles. The van der Waals surface area contributed by atoms with E-state index in [9.17, 15) is 4.79 Å². The van der Waals surface area contributed by atoms with Gasteiger partial charge < -0.3 is 10.1 Å². The van der Waals surface area contributed by atoms with Crippen molar-refractivity contribution < 1.29 is 9.53 Å². The molecule has 0 spiro atoms. The predicted octanol–water partition coefficient (Wildman–Crippen LogP) is 2.96. The number of thiophene rings is 1. The minimum atomic E-state index is -0.126. The second-order valence-corrected chi connectivity index (χ2v) is 8.18. The lowest BCUT2D eigenvalue weighted by molar-refractivity contribution is -0.0295. The average molecular weight is 366 g/mol. The Morgan fingerprint density at radius 1 is 1.50 bits per heavy atom. The molecule has 1 fully saturated rings. The van der Waals surface area contributed by atoms with E-state index in [0.717, 1.165) is 36.1 Å². The van der Waals surface area contributed by atoms with Gasteiger partial charge >= 0.3 is 0 Å². The number of carbonyl (C=O) groups excluding carboxylic acids is 1. The van der Waals surface area contributed by atoms with Crippen LogP contribution in [0.2, 0.25) is 0 Å². The quantitative estimate of drug-likeness (QED) is 0.855. The predicted molar refractivity (Wildman–Crippen MR) is 98.8 cm³/mol. The molecule has 0 radical (unpaired) electrons. The van der Waals surface area contributed by atoms with Crippen LogP contribution < -0.4 is 5.32 Å². The van der Waals surface area contributed by atoms with E-state index in [1.54, 1.807) is 11.3 Å². The first-order valence-corrected chi connectivity index (χ1v) is 9.99. The lowest BCUT2D eigenvalue weighted by atomic mass is 10.2. The van der Waals surface area contributed by atoms with Gasteiger partial charge in [-0.3, -0.25) is 9.69 Å². The number of rotatable bonds is 6. The van der Waals surface area contributed by atoms with Crippen LogP contribution in [0, 0.1) is 5.92 Å². The molecular weight excluding hydrogens is 342 g/mol. The number of hydrogen-bond acceptors (Lipinski definition) is 6. The van der Waals surface area contributed by atoms with E-state index in [-0.39, 0.29) is 12.0 Å². The molecule has 24 heavy (non-hydrogen) atoms. The molecule has 0 bridgehead atoms. The van der Waals surface area contributed by atoms with Crippen molar-refractivity contribution in [2.75, 3.05) is 32.8 Å². The van der Waals surface area contributed by atoms with E-state index in [1.165, 1.54) is 11.3 Å². The Hall–Kier alpha value is -1.28. The number of amides is 1. The van der Waals surface area contributed by atoms with Gasteiger partial charge in [0.2, 0.25) is 0 Å². The summed E-state index contributed by atoms with van der Waals surface area (Å²) in [7, 11) is 0. The maximum absolute atomic E-state index is 12.3. The minimum Gasteiger partial charge on any atom is -0.374 e. The Balaban J connectivity index is 1.50. The van der Waals surface area contributed by atoms with Gasteiger partial charge in [-0.05, 0) is 17.4 Å². The van der Waals surface area contributed by atoms with Crippen molar-refractivity contribution in [2.24, 2.45) is 5.92 Å². The third-order valence-electron chi connectivity index (χ3n) is 3.81. The molecule has 1 amide bonds. The number of carbonyl (C=O) groups is 1. The molecule has 3 rings (SSSR count). The maximum Gasteiger partial charge on any atom is 0.270 e. The van der Waals surface area contributed by atoms with E-state index < -0.39 is 0 Å². The fourth-order valence-electron chi connectivity index (χ4n) is 2.77. The van der Waals surface area contributed by atoms with E-state index in [4.69, 9.17) is 4.74 Å². The number of nitrogens with one attached hydrogen (secondary N) is 1. The van der Waals surface area contributed by atoms with Crippen molar-refractivity contribution in [1.29, 1.82) is 0 Å². The molecule has 1 N–H and O–H groups in total. The Labute approximate surface area is 150 Å². The van der Waals surface area contributed by atoms with E-state index in [1.807, 2.05) is 22.9 Å². The summed E-state index contributed by atoms with van der Waals surface area (Å²) >= 11 is 3.14. The van der Waals surface area contributed by atoms with E-state index >= 15 is 0 Å². The largest absolute Gasteiger partial charge is 0.374 e. The van der Waals surface area contributed by atoms with Gasteiger partial charge in [0.1, 0.15) is 10.7 Å². The Bertz CT molecular complexity index is 655. The summed E-state index contributed by atoms with van der Waals surface area (Å²) in [6, 6.07) is 4.01. The average Bonchev–Trinajstić information content (AvgIpc) is 3.23. The van der Waals surface area contributed by atoms with Crippen molar-refractivity contribution in [3.63, 3.8) is 0 Å². The maximum atomic E-state index is 12.3. The second kappa shape index (κ2) is 8.20. The normalized spacial score (nSPS) is 18.9. The molecule has 3 heterocycles. The van der Waals surface area contributed by atoms with Crippen LogP contribution in [-0.4, -0.2) is 54.7 Å². The van der Waals surface area contributed by atoms with Gasteiger partial charge in [0.15, 0.2) is 0 Å². The Kier molecular flexibility index (Phi) is 5.99. The lowest BCUT2D eigenvalue weighted by Gasteiger charge is -2.33. The summed E-state index contributed by atoms with van der Waals surface area (Å²) < 4.78 is 5.77. The second-order valence-electron chi connectivity index (χ2n) is 6.37. The van der Waals surface area contributed by atoms with Crippen LogP contribution in [0.25, 0.3) is 9.88 Å². The number of nitrogens with zero attached hydrogens (tertiary/aromatic N) is 2. The molecular formula is C17H23N3O2S2. The van der Waals surface area contributed by atoms with E-state index in [0.29, 0.717) is 18.2 Å². The summed E-state index contributed by atoms with van der Waals surface area (Å²) in [5.41, 5.74) is 0.484. The first-order chi connectivity index (χ1) is 11.6. The molecule has 1 atom stereocenters. The number of ether oxygens (including phenoxy) is 1. The lowest BCUT2D eigenvalue weighted by Crippen LogP contribution is -2.48. The fourth-order valence-corrected chi connectivity index (χ4v) is 4.39. The smallest absolute Gasteiger partial charge is 0.270 e. The topological polar surface area (TPSA) is 54.5 Å². The standard InChI is InChI=1S/C17H23N3O2S2/c1-12(2)9-20-5-6-22-13(10-20)8-18-16(21)14-11-24-17(19-14)15-4-3-7-23-15/h3-4,7,11-13H,5-6,8-10H2,1-2H3,(H,18,21). The zero-order chi connectivity index (χ0) is 16.9.